The number of benzene rings is 1. The van der Waals surface area contributed by atoms with Gasteiger partial charge in [0.2, 0.25) is 5.88 Å². The van der Waals surface area contributed by atoms with E-state index >= 15 is 0 Å². The maximum absolute atomic E-state index is 5.86. The first-order valence-corrected chi connectivity index (χ1v) is 4.96. The Morgan fingerprint density at radius 1 is 1.13 bits per heavy atom. The van der Waals surface area contributed by atoms with Gasteiger partial charge in [-0.1, -0.05) is 23.2 Å². The molecule has 2 aromatic rings. The van der Waals surface area contributed by atoms with Crippen molar-refractivity contribution in [2.75, 3.05) is 0 Å². The highest BCUT2D eigenvalue weighted by Crippen LogP contribution is 2.26. The molecule has 75 valence electrons. The van der Waals surface area contributed by atoms with Crippen LogP contribution in [0.15, 0.2) is 36.5 Å². The third-order valence-electron chi connectivity index (χ3n) is 1.70. The number of rotatable bonds is 2. The van der Waals surface area contributed by atoms with Gasteiger partial charge in [0.15, 0.2) is 0 Å². The minimum Gasteiger partial charge on any atom is -0.438 e. The van der Waals surface area contributed by atoms with E-state index < -0.39 is 0 Å². The van der Waals surface area contributed by atoms with Crippen molar-refractivity contribution < 1.29 is 4.74 Å². The largest absolute Gasteiger partial charge is 0.438 e. The fourth-order valence-corrected chi connectivity index (χ4v) is 1.30. The van der Waals surface area contributed by atoms with E-state index in [1.807, 2.05) is 0 Å². The van der Waals surface area contributed by atoms with Crippen LogP contribution in [0.2, 0.25) is 10.0 Å². The highest BCUT2D eigenvalue weighted by molar-refractivity contribution is 6.31. The summed E-state index contributed by atoms with van der Waals surface area (Å²) in [5.41, 5.74) is 0. The molecule has 0 aliphatic heterocycles. The number of hydrogen-bond donors (Lipinski definition) is 0. The molecule has 1 aromatic carbocycles. The van der Waals surface area contributed by atoms with Gasteiger partial charge in [0.05, 0.1) is 0 Å². The van der Waals surface area contributed by atoms with Crippen molar-refractivity contribution in [1.82, 2.24) is 4.98 Å². The fourth-order valence-electron chi connectivity index (χ4n) is 1.02. The number of nitrogens with zero attached hydrogens (tertiary/aromatic N) is 1. The van der Waals surface area contributed by atoms with Gasteiger partial charge >= 0.3 is 0 Å². The van der Waals surface area contributed by atoms with E-state index in [1.54, 1.807) is 30.3 Å². The van der Waals surface area contributed by atoms with Crippen LogP contribution in [0.25, 0.3) is 0 Å². The van der Waals surface area contributed by atoms with Crippen molar-refractivity contribution in [3.63, 3.8) is 0 Å². The van der Waals surface area contributed by atoms with Crippen molar-refractivity contribution in [1.29, 1.82) is 0 Å². The molecule has 0 aliphatic carbocycles. The number of halogens is 2. The molecule has 0 amide bonds. The molecule has 2 nitrogen and oxygen atoms in total. The van der Waals surface area contributed by atoms with Gasteiger partial charge in [0, 0.05) is 17.3 Å². The summed E-state index contributed by atoms with van der Waals surface area (Å²) in [5.74, 6) is 0.998. The fraction of sp³-hybridized carbons (Fsp3) is 0. The van der Waals surface area contributed by atoms with Crippen molar-refractivity contribution >= 4 is 23.2 Å². The predicted molar refractivity (Wildman–Crippen MR) is 59.6 cm³/mol. The molecule has 0 aliphatic rings. The summed E-state index contributed by atoms with van der Waals surface area (Å²) in [5, 5.41) is 1.08. The van der Waals surface area contributed by atoms with Crippen LogP contribution in [-0.4, -0.2) is 4.98 Å². The Kier molecular flexibility index (Phi) is 3.09. The number of hydrogen-bond acceptors (Lipinski definition) is 2. The Hall–Kier alpha value is -1.25. The predicted octanol–water partition coefficient (Wildman–Crippen LogP) is 3.98. The van der Waals surface area contributed by atoms with Gasteiger partial charge in [-0.2, -0.15) is 0 Å². The molecule has 1 heterocycles. The summed E-state index contributed by atoms with van der Waals surface area (Å²) in [6.45, 7) is 0. The average molecular weight is 239 g/mol. The summed E-state index contributed by atoms with van der Waals surface area (Å²) in [4.78, 5) is 3.95. The lowest BCUT2D eigenvalue weighted by Gasteiger charge is -2.05. The summed E-state index contributed by atoms with van der Waals surface area (Å²) in [6, 6.07) is 11.3. The van der Waals surface area contributed by atoms with E-state index in [1.165, 1.54) is 6.20 Å². The minimum atomic E-state index is 0.359. The molecule has 4 heteroatoms. The second-order valence-corrected chi connectivity index (χ2v) is 3.62. The molecule has 0 saturated heterocycles. The molecule has 0 unspecified atom stereocenters. The van der Waals surface area contributed by atoms with Crippen molar-refractivity contribution in [2.24, 2.45) is 0 Å². The molecule has 0 bridgehead atoms. The zero-order chi connectivity index (χ0) is 10.7. The molecule has 1 radical (unpaired) electrons. The molecule has 0 atom stereocenters. The van der Waals surface area contributed by atoms with Crippen LogP contribution in [0.1, 0.15) is 0 Å². The topological polar surface area (TPSA) is 22.1 Å². The van der Waals surface area contributed by atoms with Gasteiger partial charge in [-0.05, 0) is 30.3 Å². The van der Waals surface area contributed by atoms with Gasteiger partial charge in [0.25, 0.3) is 0 Å². The molecule has 0 spiro atoms. The molecule has 2 rings (SSSR count). The Balaban J connectivity index is 2.22. The summed E-state index contributed by atoms with van der Waals surface area (Å²) < 4.78 is 5.44. The van der Waals surface area contributed by atoms with Crippen LogP contribution in [0, 0.1) is 6.07 Å². The molecular formula is C11H6Cl2NO. The SMILES string of the molecule is Clc1ccc(Oc2nc[c]cc2Cl)cc1. The van der Waals surface area contributed by atoms with Crippen LogP contribution in [0.3, 0.4) is 0 Å². The Bertz CT molecular complexity index is 456. The number of aromatic nitrogens is 1. The lowest BCUT2D eigenvalue weighted by atomic mass is 10.3. The summed E-state index contributed by atoms with van der Waals surface area (Å²) in [7, 11) is 0. The molecule has 15 heavy (non-hydrogen) atoms. The second-order valence-electron chi connectivity index (χ2n) is 2.78. The first kappa shape index (κ1) is 10.3. The Morgan fingerprint density at radius 3 is 2.53 bits per heavy atom. The first-order valence-electron chi connectivity index (χ1n) is 4.21. The van der Waals surface area contributed by atoms with E-state index in [0.717, 1.165) is 0 Å². The minimum absolute atomic E-state index is 0.359. The van der Waals surface area contributed by atoms with E-state index in [9.17, 15) is 0 Å². The first-order chi connectivity index (χ1) is 7.25. The maximum atomic E-state index is 5.86. The van der Waals surface area contributed by atoms with Gasteiger partial charge in [0.1, 0.15) is 10.8 Å². The van der Waals surface area contributed by atoms with Crippen LogP contribution < -0.4 is 4.74 Å². The van der Waals surface area contributed by atoms with E-state index in [4.69, 9.17) is 27.9 Å². The van der Waals surface area contributed by atoms with Crippen LogP contribution in [-0.2, 0) is 0 Å². The van der Waals surface area contributed by atoms with Gasteiger partial charge in [-0.3, -0.25) is 0 Å². The number of pyridine rings is 1. The van der Waals surface area contributed by atoms with Gasteiger partial charge in [-0.15, -0.1) is 0 Å². The normalized spacial score (nSPS) is 10.0. The monoisotopic (exact) mass is 238 g/mol. The Labute approximate surface area is 97.4 Å². The maximum Gasteiger partial charge on any atom is 0.238 e. The molecule has 0 fully saturated rings. The lowest BCUT2D eigenvalue weighted by Crippen LogP contribution is -1.87. The zero-order valence-electron chi connectivity index (χ0n) is 7.58. The van der Waals surface area contributed by atoms with Crippen LogP contribution in [0.5, 0.6) is 11.6 Å². The quantitative estimate of drug-likeness (QED) is 0.790. The van der Waals surface area contributed by atoms with Gasteiger partial charge < -0.3 is 4.74 Å². The van der Waals surface area contributed by atoms with E-state index in [0.29, 0.717) is 21.7 Å². The number of ether oxygens (including phenoxy) is 1. The molecule has 0 N–H and O–H groups in total. The smallest absolute Gasteiger partial charge is 0.238 e. The van der Waals surface area contributed by atoms with Crippen molar-refractivity contribution in [2.45, 2.75) is 0 Å². The van der Waals surface area contributed by atoms with E-state index in [2.05, 4.69) is 11.1 Å². The van der Waals surface area contributed by atoms with Gasteiger partial charge in [-0.25, -0.2) is 4.98 Å². The van der Waals surface area contributed by atoms with E-state index in [-0.39, 0.29) is 0 Å². The molecular weight excluding hydrogens is 233 g/mol. The summed E-state index contributed by atoms with van der Waals surface area (Å²) in [6.07, 6.45) is 1.50. The Morgan fingerprint density at radius 2 is 1.87 bits per heavy atom. The average Bonchev–Trinajstić information content (AvgIpc) is 2.25. The standard InChI is InChI=1S/C11H6Cl2NO/c12-8-3-5-9(6-4-8)15-11-10(13)2-1-7-14-11/h2-7H. The van der Waals surface area contributed by atoms with Crippen LogP contribution in [0.4, 0.5) is 0 Å². The van der Waals surface area contributed by atoms with Crippen LogP contribution >= 0.6 is 23.2 Å². The lowest BCUT2D eigenvalue weighted by molar-refractivity contribution is 0.463. The molecule has 0 saturated carbocycles. The highest BCUT2D eigenvalue weighted by atomic mass is 35.5. The second kappa shape index (κ2) is 4.51. The van der Waals surface area contributed by atoms with Crippen molar-refractivity contribution in [3.05, 3.63) is 52.6 Å². The third-order valence-corrected chi connectivity index (χ3v) is 2.22. The van der Waals surface area contributed by atoms with Crippen molar-refractivity contribution in [3.8, 4) is 11.6 Å². The highest BCUT2D eigenvalue weighted by Gasteiger charge is 2.02. The zero-order valence-corrected chi connectivity index (χ0v) is 9.09. The molecule has 1 aromatic heterocycles. The summed E-state index contributed by atoms with van der Waals surface area (Å²) >= 11 is 11.6. The third kappa shape index (κ3) is 2.61.